The van der Waals surface area contributed by atoms with Gasteiger partial charge in [-0.05, 0) is 50.2 Å². The van der Waals surface area contributed by atoms with Gasteiger partial charge in [0.2, 0.25) is 0 Å². The van der Waals surface area contributed by atoms with Crippen LogP contribution in [0.2, 0.25) is 19.1 Å². The summed E-state index contributed by atoms with van der Waals surface area (Å²) in [6.07, 6.45) is 3.08. The summed E-state index contributed by atoms with van der Waals surface area (Å²) in [6.45, 7) is 8.35. The van der Waals surface area contributed by atoms with Gasteiger partial charge in [0.25, 0.3) is 0 Å². The van der Waals surface area contributed by atoms with E-state index in [0.717, 1.165) is 25.1 Å². The average Bonchev–Trinajstić information content (AvgIpc) is 2.38. The van der Waals surface area contributed by atoms with Crippen molar-refractivity contribution in [3.05, 3.63) is 29.8 Å². The number of benzene rings is 1. The second-order valence-corrected chi connectivity index (χ2v) is 10.1. The minimum Gasteiger partial charge on any atom is -0.418 e. The predicted molar refractivity (Wildman–Crippen MR) is 91.8 cm³/mol. The van der Waals surface area contributed by atoms with E-state index in [0.29, 0.717) is 0 Å². The van der Waals surface area contributed by atoms with E-state index in [2.05, 4.69) is 54.2 Å². The highest BCUT2D eigenvalue weighted by Gasteiger charge is 2.20. The van der Waals surface area contributed by atoms with Crippen molar-refractivity contribution in [2.24, 2.45) is 4.99 Å². The first-order chi connectivity index (χ1) is 9.44. The summed E-state index contributed by atoms with van der Waals surface area (Å²) in [5, 5.41) is 0. The SMILES string of the molecule is CCO[Si](C)(C)CCCN=Cc1ccc(N(C)C)cc1. The van der Waals surface area contributed by atoms with Crippen molar-refractivity contribution in [3.63, 3.8) is 0 Å². The fraction of sp³-hybridized carbons (Fsp3) is 0.562. The summed E-state index contributed by atoms with van der Waals surface area (Å²) in [5.41, 5.74) is 2.38. The molecular formula is C16H28N2OSi. The predicted octanol–water partition coefficient (Wildman–Crippen LogP) is 3.80. The highest BCUT2D eigenvalue weighted by Crippen LogP contribution is 2.14. The normalized spacial score (nSPS) is 12.1. The largest absolute Gasteiger partial charge is 0.418 e. The molecule has 0 aromatic heterocycles. The third-order valence-electron chi connectivity index (χ3n) is 3.25. The van der Waals surface area contributed by atoms with Gasteiger partial charge >= 0.3 is 0 Å². The Labute approximate surface area is 124 Å². The van der Waals surface area contributed by atoms with Gasteiger partial charge in [-0.2, -0.15) is 0 Å². The molecular weight excluding hydrogens is 264 g/mol. The molecule has 0 aliphatic rings. The maximum Gasteiger partial charge on any atom is 0.186 e. The third kappa shape index (κ3) is 6.35. The molecule has 0 unspecified atom stereocenters. The summed E-state index contributed by atoms with van der Waals surface area (Å²) in [5.74, 6) is 0. The van der Waals surface area contributed by atoms with Gasteiger partial charge in [-0.3, -0.25) is 4.99 Å². The van der Waals surface area contributed by atoms with Crippen molar-refractivity contribution < 1.29 is 4.43 Å². The van der Waals surface area contributed by atoms with Gasteiger partial charge in [0.15, 0.2) is 8.32 Å². The quantitative estimate of drug-likeness (QED) is 0.413. The number of anilines is 1. The molecule has 1 aromatic carbocycles. The minimum absolute atomic E-state index is 0.834. The van der Waals surface area contributed by atoms with Crippen LogP contribution in [-0.2, 0) is 4.43 Å². The molecule has 0 bridgehead atoms. The monoisotopic (exact) mass is 292 g/mol. The van der Waals surface area contributed by atoms with Gasteiger partial charge in [-0.25, -0.2) is 0 Å². The van der Waals surface area contributed by atoms with Crippen LogP contribution in [0.15, 0.2) is 29.3 Å². The Bertz CT molecular complexity index is 413. The number of nitrogens with zero attached hydrogens (tertiary/aromatic N) is 2. The van der Waals surface area contributed by atoms with Crippen molar-refractivity contribution in [3.8, 4) is 0 Å². The second kappa shape index (κ2) is 8.22. The van der Waals surface area contributed by atoms with E-state index >= 15 is 0 Å². The minimum atomic E-state index is -1.43. The van der Waals surface area contributed by atoms with Crippen molar-refractivity contribution in [2.75, 3.05) is 32.1 Å². The van der Waals surface area contributed by atoms with E-state index < -0.39 is 8.32 Å². The maximum atomic E-state index is 5.81. The van der Waals surface area contributed by atoms with E-state index in [1.54, 1.807) is 0 Å². The van der Waals surface area contributed by atoms with Gasteiger partial charge in [-0.1, -0.05) is 12.1 Å². The van der Waals surface area contributed by atoms with E-state index in [1.807, 2.05) is 20.3 Å². The molecule has 0 aliphatic heterocycles. The Hall–Kier alpha value is -1.13. The molecule has 20 heavy (non-hydrogen) atoms. The average molecular weight is 292 g/mol. The van der Waals surface area contributed by atoms with Gasteiger partial charge in [0.05, 0.1) is 0 Å². The number of aliphatic imine (C=N–C) groups is 1. The fourth-order valence-corrected chi connectivity index (χ4v) is 4.02. The van der Waals surface area contributed by atoms with Crippen LogP contribution in [0, 0.1) is 0 Å². The van der Waals surface area contributed by atoms with Crippen LogP contribution in [0.25, 0.3) is 0 Å². The number of hydrogen-bond acceptors (Lipinski definition) is 3. The zero-order chi connectivity index (χ0) is 15.0. The zero-order valence-electron chi connectivity index (χ0n) is 13.5. The first kappa shape index (κ1) is 16.9. The topological polar surface area (TPSA) is 24.8 Å². The van der Waals surface area contributed by atoms with Crippen LogP contribution in [0.3, 0.4) is 0 Å². The molecule has 0 saturated carbocycles. The first-order valence-corrected chi connectivity index (χ1v) is 10.5. The molecule has 0 heterocycles. The van der Waals surface area contributed by atoms with Crippen molar-refractivity contribution in [1.29, 1.82) is 0 Å². The molecule has 0 amide bonds. The summed E-state index contributed by atoms with van der Waals surface area (Å²) >= 11 is 0. The molecule has 1 rings (SSSR count). The molecule has 0 spiro atoms. The van der Waals surface area contributed by atoms with Gasteiger partial charge in [-0.15, -0.1) is 0 Å². The molecule has 0 fully saturated rings. The van der Waals surface area contributed by atoms with Crippen LogP contribution in [0.1, 0.15) is 18.9 Å². The lowest BCUT2D eigenvalue weighted by Crippen LogP contribution is -2.30. The van der Waals surface area contributed by atoms with E-state index in [1.165, 1.54) is 11.7 Å². The lowest BCUT2D eigenvalue weighted by atomic mass is 10.2. The highest BCUT2D eigenvalue weighted by molar-refractivity contribution is 6.71. The van der Waals surface area contributed by atoms with E-state index in [4.69, 9.17) is 4.43 Å². The van der Waals surface area contributed by atoms with Crippen LogP contribution < -0.4 is 4.90 Å². The molecule has 0 N–H and O–H groups in total. The van der Waals surface area contributed by atoms with Crippen molar-refractivity contribution >= 4 is 20.2 Å². The zero-order valence-corrected chi connectivity index (χ0v) is 14.5. The Kier molecular flexibility index (Phi) is 6.95. The van der Waals surface area contributed by atoms with Crippen LogP contribution in [0.4, 0.5) is 5.69 Å². The lowest BCUT2D eigenvalue weighted by molar-refractivity contribution is 0.328. The van der Waals surface area contributed by atoms with Crippen LogP contribution >= 0.6 is 0 Å². The van der Waals surface area contributed by atoms with Gasteiger partial charge in [0, 0.05) is 39.1 Å². The lowest BCUT2D eigenvalue weighted by Gasteiger charge is -2.21. The summed E-state index contributed by atoms with van der Waals surface area (Å²) in [6, 6.07) is 9.63. The third-order valence-corrected chi connectivity index (χ3v) is 5.88. The smallest absolute Gasteiger partial charge is 0.186 e. The molecule has 3 nitrogen and oxygen atoms in total. The van der Waals surface area contributed by atoms with Crippen molar-refractivity contribution in [1.82, 2.24) is 0 Å². The van der Waals surface area contributed by atoms with Gasteiger partial charge < -0.3 is 9.33 Å². The van der Waals surface area contributed by atoms with Crippen molar-refractivity contribution in [2.45, 2.75) is 32.5 Å². The maximum absolute atomic E-state index is 5.81. The number of rotatable bonds is 8. The van der Waals surface area contributed by atoms with Crippen LogP contribution in [0.5, 0.6) is 0 Å². The van der Waals surface area contributed by atoms with E-state index in [9.17, 15) is 0 Å². The van der Waals surface area contributed by atoms with Gasteiger partial charge in [0.1, 0.15) is 0 Å². The fourth-order valence-electron chi connectivity index (χ4n) is 2.09. The summed E-state index contributed by atoms with van der Waals surface area (Å²) in [4.78, 5) is 6.61. The standard InChI is InChI=1S/C16H28N2OSi/c1-6-19-20(4,5)13-7-12-17-14-15-8-10-16(11-9-15)18(2)3/h8-11,14H,6-7,12-13H2,1-5H3. The highest BCUT2D eigenvalue weighted by atomic mass is 28.4. The van der Waals surface area contributed by atoms with E-state index in [-0.39, 0.29) is 0 Å². The molecule has 4 heteroatoms. The Morgan fingerprint density at radius 2 is 1.85 bits per heavy atom. The molecule has 112 valence electrons. The molecule has 0 saturated heterocycles. The van der Waals surface area contributed by atoms with Crippen LogP contribution in [-0.4, -0.2) is 41.8 Å². The first-order valence-electron chi connectivity index (χ1n) is 7.36. The Balaban J connectivity index is 2.34. The molecule has 0 aliphatic carbocycles. The Morgan fingerprint density at radius 1 is 1.20 bits per heavy atom. The Morgan fingerprint density at radius 3 is 2.40 bits per heavy atom. The molecule has 1 aromatic rings. The summed E-state index contributed by atoms with van der Waals surface area (Å²) in [7, 11) is 2.67. The summed E-state index contributed by atoms with van der Waals surface area (Å²) < 4.78 is 5.81. The molecule has 0 atom stereocenters. The number of hydrogen-bond donors (Lipinski definition) is 0. The molecule has 0 radical (unpaired) electrons. The second-order valence-electron chi connectivity index (χ2n) is 5.82.